The van der Waals surface area contributed by atoms with Crippen LogP contribution in [0.4, 0.5) is 5.69 Å². The van der Waals surface area contributed by atoms with E-state index in [4.69, 9.17) is 25.8 Å². The molecule has 1 fully saturated rings. The summed E-state index contributed by atoms with van der Waals surface area (Å²) in [7, 11) is 1.43. The first-order valence-corrected chi connectivity index (χ1v) is 12.7. The Morgan fingerprint density at radius 2 is 1.76 bits per heavy atom. The van der Waals surface area contributed by atoms with Crippen LogP contribution in [-0.4, -0.2) is 36.6 Å². The fourth-order valence-corrected chi connectivity index (χ4v) is 4.92. The summed E-state index contributed by atoms with van der Waals surface area (Å²) in [4.78, 5) is 28.4. The second kappa shape index (κ2) is 11.2. The number of methoxy groups -OCH3 is 1. The number of hydrogen-bond donors (Lipinski definition) is 1. The van der Waals surface area contributed by atoms with E-state index in [1.54, 1.807) is 60.7 Å². The predicted octanol–water partition coefficient (Wildman–Crippen LogP) is 6.47. The molecule has 1 saturated heterocycles. The largest absolute Gasteiger partial charge is 0.507 e. The van der Waals surface area contributed by atoms with E-state index in [-0.39, 0.29) is 33.8 Å². The predicted molar refractivity (Wildman–Crippen MR) is 147 cm³/mol. The van der Waals surface area contributed by atoms with E-state index >= 15 is 0 Å². The molecule has 4 rings (SSSR count). The van der Waals surface area contributed by atoms with E-state index in [1.165, 1.54) is 12.0 Å². The van der Waals surface area contributed by atoms with Gasteiger partial charge in [0.05, 0.1) is 42.0 Å². The molecule has 0 radical (unpaired) electrons. The Labute approximate surface area is 227 Å². The molecule has 1 aliphatic heterocycles. The summed E-state index contributed by atoms with van der Waals surface area (Å²) < 4.78 is 16.9. The number of benzene rings is 3. The van der Waals surface area contributed by atoms with Crippen molar-refractivity contribution in [1.82, 2.24) is 0 Å². The Hall–Kier alpha value is -3.97. The average molecular weight is 536 g/mol. The molecule has 1 aliphatic rings. The molecule has 0 spiro atoms. The lowest BCUT2D eigenvalue weighted by atomic mass is 9.94. The number of Topliss-reactive ketones (excluding diaryl/α,β-unsaturated/α-hetero) is 1. The van der Waals surface area contributed by atoms with Crippen LogP contribution >= 0.6 is 11.6 Å². The summed E-state index contributed by atoms with van der Waals surface area (Å²) in [5, 5.41) is 11.9. The molecule has 8 heteroatoms. The standard InChI is InChI=1S/C30H30ClNO6/c1-6-37-21-12-10-20(11-13-21)32-26(19-8-7-9-22(16-19)38-17(2)3)25(28(34)30(32)35)27(33)23-14-18(4)15-24(31)29(23)36-5/h7-17,26,33H,6H2,1-5H3/b27-25+. The van der Waals surface area contributed by atoms with Crippen LogP contribution in [0.1, 0.15) is 43.5 Å². The highest BCUT2D eigenvalue weighted by molar-refractivity contribution is 6.51. The van der Waals surface area contributed by atoms with E-state index in [0.717, 1.165) is 5.56 Å². The van der Waals surface area contributed by atoms with Crippen LogP contribution in [0.5, 0.6) is 17.2 Å². The van der Waals surface area contributed by atoms with Crippen LogP contribution in [0.15, 0.2) is 66.2 Å². The number of aliphatic hydroxyl groups is 1. The first-order chi connectivity index (χ1) is 18.2. The molecule has 38 heavy (non-hydrogen) atoms. The van der Waals surface area contributed by atoms with Crippen LogP contribution in [0, 0.1) is 6.92 Å². The number of ether oxygens (including phenoxy) is 3. The van der Waals surface area contributed by atoms with Gasteiger partial charge < -0.3 is 19.3 Å². The Morgan fingerprint density at radius 1 is 1.05 bits per heavy atom. The van der Waals surface area contributed by atoms with Gasteiger partial charge in [0.25, 0.3) is 11.7 Å². The average Bonchev–Trinajstić information content (AvgIpc) is 3.14. The number of carbonyl (C=O) groups is 2. The lowest BCUT2D eigenvalue weighted by Crippen LogP contribution is -2.29. The maximum atomic E-state index is 13.6. The molecule has 1 unspecified atom stereocenters. The lowest BCUT2D eigenvalue weighted by molar-refractivity contribution is -0.132. The molecule has 1 N–H and O–H groups in total. The number of aryl methyl sites for hydroxylation is 1. The summed E-state index contributed by atoms with van der Waals surface area (Å²) >= 11 is 6.39. The summed E-state index contributed by atoms with van der Waals surface area (Å²) in [6.07, 6.45) is -0.0820. The van der Waals surface area contributed by atoms with Crippen molar-refractivity contribution in [3.63, 3.8) is 0 Å². The molecule has 0 aliphatic carbocycles. The first kappa shape index (κ1) is 27.1. The number of amides is 1. The monoisotopic (exact) mass is 535 g/mol. The molecule has 1 atom stereocenters. The van der Waals surface area contributed by atoms with Gasteiger partial charge in [0.2, 0.25) is 0 Å². The van der Waals surface area contributed by atoms with Crippen LogP contribution in [-0.2, 0) is 9.59 Å². The highest BCUT2D eigenvalue weighted by Crippen LogP contribution is 2.45. The van der Waals surface area contributed by atoms with Gasteiger partial charge in [-0.05, 0) is 87.4 Å². The van der Waals surface area contributed by atoms with Crippen LogP contribution in [0.25, 0.3) is 5.76 Å². The van der Waals surface area contributed by atoms with Crippen molar-refractivity contribution in [2.45, 2.75) is 39.8 Å². The SMILES string of the molecule is CCOc1ccc(N2C(=O)C(=O)/C(=C(/O)c3cc(C)cc(Cl)c3OC)C2c2cccc(OC(C)C)c2)cc1. The number of anilines is 1. The minimum Gasteiger partial charge on any atom is -0.507 e. The Morgan fingerprint density at radius 3 is 2.39 bits per heavy atom. The number of rotatable bonds is 8. The summed E-state index contributed by atoms with van der Waals surface area (Å²) in [6, 6.07) is 16.5. The van der Waals surface area contributed by atoms with E-state index in [0.29, 0.717) is 29.4 Å². The minimum atomic E-state index is -0.937. The number of ketones is 1. The van der Waals surface area contributed by atoms with E-state index in [1.807, 2.05) is 27.7 Å². The van der Waals surface area contributed by atoms with Gasteiger partial charge in [-0.25, -0.2) is 0 Å². The van der Waals surface area contributed by atoms with Crippen molar-refractivity contribution in [3.8, 4) is 17.2 Å². The van der Waals surface area contributed by atoms with Crippen molar-refractivity contribution in [2.75, 3.05) is 18.6 Å². The van der Waals surface area contributed by atoms with Gasteiger partial charge in [-0.15, -0.1) is 0 Å². The van der Waals surface area contributed by atoms with Gasteiger partial charge in [0.15, 0.2) is 0 Å². The van der Waals surface area contributed by atoms with Crippen molar-refractivity contribution >= 4 is 34.7 Å². The van der Waals surface area contributed by atoms with Crippen molar-refractivity contribution in [3.05, 3.63) is 87.9 Å². The fraction of sp³-hybridized carbons (Fsp3) is 0.267. The van der Waals surface area contributed by atoms with Crippen molar-refractivity contribution < 1.29 is 28.9 Å². The third-order valence-electron chi connectivity index (χ3n) is 6.06. The number of carbonyl (C=O) groups excluding carboxylic acids is 2. The number of hydrogen-bond acceptors (Lipinski definition) is 6. The van der Waals surface area contributed by atoms with Gasteiger partial charge >= 0.3 is 0 Å². The van der Waals surface area contributed by atoms with Gasteiger partial charge in [-0.2, -0.15) is 0 Å². The molecule has 3 aromatic rings. The normalized spacial score (nSPS) is 16.7. The quantitative estimate of drug-likeness (QED) is 0.202. The van der Waals surface area contributed by atoms with E-state index in [9.17, 15) is 14.7 Å². The summed E-state index contributed by atoms with van der Waals surface area (Å²) in [5.41, 5.74) is 1.97. The third kappa shape index (κ3) is 5.20. The van der Waals surface area contributed by atoms with Crippen molar-refractivity contribution in [1.29, 1.82) is 0 Å². The topological polar surface area (TPSA) is 85.3 Å². The maximum Gasteiger partial charge on any atom is 0.300 e. The molecule has 1 amide bonds. The third-order valence-corrected chi connectivity index (χ3v) is 6.34. The Bertz CT molecular complexity index is 1400. The number of halogens is 1. The fourth-order valence-electron chi connectivity index (χ4n) is 4.57. The zero-order valence-corrected chi connectivity index (χ0v) is 22.7. The highest BCUT2D eigenvalue weighted by atomic mass is 35.5. The van der Waals surface area contributed by atoms with Gasteiger partial charge in [0, 0.05) is 5.69 Å². The second-order valence-corrected chi connectivity index (χ2v) is 9.57. The number of aliphatic hydroxyl groups excluding tert-OH is 1. The minimum absolute atomic E-state index is 0.0782. The summed E-state index contributed by atoms with van der Waals surface area (Å²) in [5.74, 6) is -0.552. The molecule has 0 aromatic heterocycles. The molecule has 0 bridgehead atoms. The Kier molecular flexibility index (Phi) is 7.97. The molecular formula is C30H30ClNO6. The zero-order chi connectivity index (χ0) is 27.6. The molecule has 0 saturated carbocycles. The molecule has 7 nitrogen and oxygen atoms in total. The smallest absolute Gasteiger partial charge is 0.300 e. The maximum absolute atomic E-state index is 13.6. The Balaban J connectivity index is 1.96. The molecular weight excluding hydrogens is 506 g/mol. The number of nitrogens with zero attached hydrogens (tertiary/aromatic N) is 1. The van der Waals surface area contributed by atoms with Gasteiger partial charge in [-0.3, -0.25) is 14.5 Å². The van der Waals surface area contributed by atoms with E-state index < -0.39 is 17.7 Å². The zero-order valence-electron chi connectivity index (χ0n) is 21.9. The molecule has 198 valence electrons. The lowest BCUT2D eigenvalue weighted by Gasteiger charge is -2.26. The highest BCUT2D eigenvalue weighted by Gasteiger charge is 2.47. The van der Waals surface area contributed by atoms with Crippen LogP contribution < -0.4 is 19.1 Å². The molecule has 1 heterocycles. The van der Waals surface area contributed by atoms with Crippen molar-refractivity contribution in [2.24, 2.45) is 0 Å². The second-order valence-electron chi connectivity index (χ2n) is 9.16. The van der Waals surface area contributed by atoms with Crippen LogP contribution in [0.2, 0.25) is 5.02 Å². The van der Waals surface area contributed by atoms with E-state index in [2.05, 4.69) is 0 Å². The molecule has 3 aromatic carbocycles. The van der Waals surface area contributed by atoms with Crippen LogP contribution in [0.3, 0.4) is 0 Å². The summed E-state index contributed by atoms with van der Waals surface area (Å²) in [6.45, 7) is 8.00. The first-order valence-electron chi connectivity index (χ1n) is 12.3. The van der Waals surface area contributed by atoms with Gasteiger partial charge in [-0.1, -0.05) is 23.7 Å². The van der Waals surface area contributed by atoms with Gasteiger partial charge in [0.1, 0.15) is 23.0 Å².